The molecule has 2 aliphatic heterocycles. The molecular weight excluding hydrogens is 408 g/mol. The zero-order chi connectivity index (χ0) is 22.1. The highest BCUT2D eigenvalue weighted by molar-refractivity contribution is 5.92. The molecule has 0 spiro atoms. The number of benzene rings is 2. The van der Waals surface area contributed by atoms with Gasteiger partial charge in [0.1, 0.15) is 11.5 Å². The molecule has 32 heavy (non-hydrogen) atoms. The second kappa shape index (κ2) is 8.57. The molecule has 0 atom stereocenters. The van der Waals surface area contributed by atoms with Crippen LogP contribution in [-0.4, -0.2) is 41.0 Å². The molecule has 2 aliphatic rings. The molecule has 1 amide bonds. The first-order valence-electron chi connectivity index (χ1n) is 11.0. The minimum absolute atomic E-state index is 0.123. The van der Waals surface area contributed by atoms with Crippen LogP contribution in [0.25, 0.3) is 0 Å². The number of nitrogens with zero attached hydrogens (tertiary/aromatic N) is 2. The summed E-state index contributed by atoms with van der Waals surface area (Å²) in [6, 6.07) is 11.5. The van der Waals surface area contributed by atoms with Crippen LogP contribution in [0.1, 0.15) is 44.9 Å². The summed E-state index contributed by atoms with van der Waals surface area (Å²) in [6.07, 6.45) is 3.87. The predicted octanol–water partition coefficient (Wildman–Crippen LogP) is 3.83. The van der Waals surface area contributed by atoms with Gasteiger partial charge in [-0.1, -0.05) is 17.3 Å². The molecule has 5 rings (SSSR count). The molecule has 0 saturated carbocycles. The van der Waals surface area contributed by atoms with Crippen molar-refractivity contribution in [1.82, 2.24) is 10.1 Å². The second-order valence-electron chi connectivity index (χ2n) is 8.41. The van der Waals surface area contributed by atoms with Crippen LogP contribution in [0.15, 0.2) is 40.9 Å². The Bertz CT molecular complexity index is 1150. The summed E-state index contributed by atoms with van der Waals surface area (Å²) in [5, 5.41) is 14.3. The number of aromatic nitrogens is 1. The molecule has 0 aliphatic carbocycles. The largest absolute Gasteiger partial charge is 0.508 e. The van der Waals surface area contributed by atoms with Gasteiger partial charge in [-0.15, -0.1) is 0 Å². The number of aromatic hydroxyl groups is 1. The van der Waals surface area contributed by atoms with Crippen molar-refractivity contribution in [3.63, 3.8) is 0 Å². The number of aryl methyl sites for hydroxylation is 4. The first-order valence-corrected chi connectivity index (χ1v) is 11.0. The highest BCUT2D eigenvalue weighted by Crippen LogP contribution is 2.36. The molecule has 166 valence electrons. The van der Waals surface area contributed by atoms with E-state index in [0.29, 0.717) is 36.7 Å². The first kappa shape index (κ1) is 20.4. The monoisotopic (exact) mass is 434 g/mol. The molecule has 0 radical (unpaired) electrons. The van der Waals surface area contributed by atoms with Gasteiger partial charge in [0.2, 0.25) is 6.79 Å². The number of fused-ring (bicyclic) bond motifs is 4. The van der Waals surface area contributed by atoms with E-state index in [1.54, 1.807) is 19.1 Å². The molecule has 2 bridgehead atoms. The summed E-state index contributed by atoms with van der Waals surface area (Å²) >= 11 is 0. The van der Waals surface area contributed by atoms with E-state index in [0.717, 1.165) is 48.3 Å². The van der Waals surface area contributed by atoms with E-state index in [1.165, 1.54) is 11.1 Å². The van der Waals surface area contributed by atoms with Crippen LogP contribution in [0.4, 0.5) is 0 Å². The molecular formula is C25H26N2O5. The van der Waals surface area contributed by atoms with Crippen LogP contribution in [0.2, 0.25) is 0 Å². The Hall–Kier alpha value is -3.48. The van der Waals surface area contributed by atoms with Gasteiger partial charge in [0.15, 0.2) is 17.2 Å². The molecule has 3 heterocycles. The maximum Gasteiger partial charge on any atom is 0.276 e. The number of rotatable bonds is 1. The third-order valence-electron chi connectivity index (χ3n) is 6.18. The highest BCUT2D eigenvalue weighted by Gasteiger charge is 2.21. The normalized spacial score (nSPS) is 16.0. The van der Waals surface area contributed by atoms with Crippen molar-refractivity contribution in [2.75, 3.05) is 19.9 Å². The highest BCUT2D eigenvalue weighted by atomic mass is 16.7. The van der Waals surface area contributed by atoms with E-state index >= 15 is 0 Å². The predicted molar refractivity (Wildman–Crippen MR) is 117 cm³/mol. The lowest BCUT2D eigenvalue weighted by molar-refractivity contribution is 0.0745. The Morgan fingerprint density at radius 2 is 1.69 bits per heavy atom. The maximum atomic E-state index is 13.1. The Morgan fingerprint density at radius 3 is 2.44 bits per heavy atom. The topological polar surface area (TPSA) is 85.0 Å². The molecule has 7 heteroatoms. The van der Waals surface area contributed by atoms with Crippen molar-refractivity contribution in [2.24, 2.45) is 0 Å². The Morgan fingerprint density at radius 1 is 0.938 bits per heavy atom. The third-order valence-corrected chi connectivity index (χ3v) is 6.18. The van der Waals surface area contributed by atoms with Gasteiger partial charge in [-0.2, -0.15) is 0 Å². The Labute approximate surface area is 186 Å². The molecule has 0 saturated heterocycles. The van der Waals surface area contributed by atoms with Crippen molar-refractivity contribution in [1.29, 1.82) is 0 Å². The maximum absolute atomic E-state index is 13.1. The molecule has 0 fully saturated rings. The summed E-state index contributed by atoms with van der Waals surface area (Å²) in [5.74, 6) is 2.33. The Kier molecular flexibility index (Phi) is 5.47. The summed E-state index contributed by atoms with van der Waals surface area (Å²) in [4.78, 5) is 14.9. The Balaban J connectivity index is 1.47. The molecule has 2 aromatic carbocycles. The van der Waals surface area contributed by atoms with Gasteiger partial charge < -0.3 is 24.0 Å². The SMILES string of the molecule is Cc1cc(C(=O)N2CCCc3cc4c(cc3CCc3cc(ccc3O)CC2)OCO4)no1. The van der Waals surface area contributed by atoms with Crippen LogP contribution in [0.3, 0.4) is 0 Å². The lowest BCUT2D eigenvalue weighted by Gasteiger charge is -2.22. The van der Waals surface area contributed by atoms with Gasteiger partial charge in [0, 0.05) is 19.2 Å². The van der Waals surface area contributed by atoms with Gasteiger partial charge in [-0.05, 0) is 79.5 Å². The molecule has 0 unspecified atom stereocenters. The van der Waals surface area contributed by atoms with E-state index in [1.807, 2.05) is 17.0 Å². The lowest BCUT2D eigenvalue weighted by atomic mass is 9.95. The molecule has 3 aromatic rings. The average Bonchev–Trinajstić information content (AvgIpc) is 3.43. The molecule has 7 nitrogen and oxygen atoms in total. The number of carbonyl (C=O) groups is 1. The third kappa shape index (κ3) is 4.15. The zero-order valence-electron chi connectivity index (χ0n) is 18.1. The second-order valence-corrected chi connectivity index (χ2v) is 8.41. The van der Waals surface area contributed by atoms with Crippen LogP contribution < -0.4 is 9.47 Å². The minimum atomic E-state index is -0.123. The van der Waals surface area contributed by atoms with Gasteiger partial charge in [-0.25, -0.2) is 0 Å². The van der Waals surface area contributed by atoms with Gasteiger partial charge in [0.25, 0.3) is 5.91 Å². The van der Waals surface area contributed by atoms with E-state index in [4.69, 9.17) is 14.0 Å². The number of ether oxygens (including phenoxy) is 2. The van der Waals surface area contributed by atoms with E-state index in [2.05, 4.69) is 17.3 Å². The minimum Gasteiger partial charge on any atom is -0.508 e. The van der Waals surface area contributed by atoms with Gasteiger partial charge in [0.05, 0.1) is 0 Å². The molecule has 1 aromatic heterocycles. The zero-order valence-corrected chi connectivity index (χ0v) is 18.1. The van der Waals surface area contributed by atoms with E-state index in [9.17, 15) is 9.90 Å². The van der Waals surface area contributed by atoms with Crippen molar-refractivity contribution >= 4 is 5.91 Å². The summed E-state index contributed by atoms with van der Waals surface area (Å²) < 4.78 is 16.3. The first-order chi connectivity index (χ1) is 15.6. The van der Waals surface area contributed by atoms with Crippen LogP contribution >= 0.6 is 0 Å². The van der Waals surface area contributed by atoms with Crippen molar-refractivity contribution in [3.05, 3.63) is 70.1 Å². The van der Waals surface area contributed by atoms with Crippen molar-refractivity contribution in [2.45, 2.75) is 39.0 Å². The van der Waals surface area contributed by atoms with Crippen LogP contribution in [0, 0.1) is 6.92 Å². The van der Waals surface area contributed by atoms with E-state index in [-0.39, 0.29) is 12.7 Å². The number of phenolic OH excluding ortho intramolecular Hbond substituents is 1. The van der Waals surface area contributed by atoms with Gasteiger partial charge >= 0.3 is 0 Å². The van der Waals surface area contributed by atoms with Crippen molar-refractivity contribution < 1.29 is 23.9 Å². The fourth-order valence-electron chi connectivity index (χ4n) is 4.42. The number of hydrogen-bond acceptors (Lipinski definition) is 6. The smallest absolute Gasteiger partial charge is 0.276 e. The summed E-state index contributed by atoms with van der Waals surface area (Å²) in [6.45, 7) is 3.20. The number of hydrogen-bond donors (Lipinski definition) is 1. The van der Waals surface area contributed by atoms with Crippen LogP contribution in [-0.2, 0) is 25.7 Å². The lowest BCUT2D eigenvalue weighted by Crippen LogP contribution is -2.34. The number of amides is 1. The standard InChI is InChI=1S/C25H26N2O5/c1-16-11-21(26-32-16)25(29)27-9-2-3-18-13-23-24(31-15-30-23)14-19(18)5-6-20-12-17(8-10-27)4-7-22(20)28/h4,7,11-14,28H,2-3,5-6,8-10,15H2,1H3. The number of carbonyl (C=O) groups excluding carboxylic acids is 1. The molecule has 1 N–H and O–H groups in total. The van der Waals surface area contributed by atoms with Gasteiger partial charge in [-0.3, -0.25) is 4.79 Å². The number of phenols is 1. The van der Waals surface area contributed by atoms with E-state index < -0.39 is 0 Å². The summed E-state index contributed by atoms with van der Waals surface area (Å²) in [7, 11) is 0. The average molecular weight is 434 g/mol. The summed E-state index contributed by atoms with van der Waals surface area (Å²) in [5.41, 5.74) is 4.71. The fourth-order valence-corrected chi connectivity index (χ4v) is 4.42. The quantitative estimate of drug-likeness (QED) is 0.627. The van der Waals surface area contributed by atoms with Crippen molar-refractivity contribution in [3.8, 4) is 17.2 Å². The van der Waals surface area contributed by atoms with Crippen LogP contribution in [0.5, 0.6) is 17.2 Å². The fraction of sp³-hybridized carbons (Fsp3) is 0.360.